The molecule has 2 nitrogen and oxygen atoms in total. The Balaban J connectivity index is 3.09. The molecule has 0 saturated carbocycles. The normalized spacial score (nSPS) is 13.4. The van der Waals surface area contributed by atoms with Gasteiger partial charge in [0.15, 0.2) is 0 Å². The SMILES string of the molecule is CCCCCCCCCC(O)CN(C)C. The molecule has 92 valence electrons. The molecule has 0 rings (SSSR count). The van der Waals surface area contributed by atoms with Crippen LogP contribution in [0, 0.1) is 0 Å². The van der Waals surface area contributed by atoms with Crippen LogP contribution in [0.4, 0.5) is 0 Å². The molecule has 0 aliphatic carbocycles. The highest BCUT2D eigenvalue weighted by atomic mass is 16.3. The second-order valence-electron chi connectivity index (χ2n) is 4.83. The van der Waals surface area contributed by atoms with Crippen molar-refractivity contribution in [1.29, 1.82) is 0 Å². The summed E-state index contributed by atoms with van der Waals surface area (Å²) in [5.41, 5.74) is 0. The number of nitrogens with zero attached hydrogens (tertiary/aromatic N) is 1. The molecule has 1 N–H and O–H groups in total. The molecule has 0 aliphatic rings. The van der Waals surface area contributed by atoms with Crippen LogP contribution in [0.2, 0.25) is 0 Å². The summed E-state index contributed by atoms with van der Waals surface area (Å²) >= 11 is 0. The second-order valence-corrected chi connectivity index (χ2v) is 4.83. The third-order valence-corrected chi connectivity index (χ3v) is 2.72. The average Bonchev–Trinajstić information content (AvgIpc) is 2.15. The van der Waals surface area contributed by atoms with Gasteiger partial charge >= 0.3 is 0 Å². The van der Waals surface area contributed by atoms with Crippen molar-refractivity contribution in [2.45, 2.75) is 64.4 Å². The minimum atomic E-state index is -0.129. The molecule has 0 aromatic rings. The molecule has 0 aromatic carbocycles. The molecule has 0 amide bonds. The van der Waals surface area contributed by atoms with Gasteiger partial charge in [0.25, 0.3) is 0 Å². The van der Waals surface area contributed by atoms with E-state index >= 15 is 0 Å². The highest BCUT2D eigenvalue weighted by molar-refractivity contribution is 4.59. The third-order valence-electron chi connectivity index (χ3n) is 2.72. The van der Waals surface area contributed by atoms with Gasteiger partial charge in [0, 0.05) is 6.54 Å². The van der Waals surface area contributed by atoms with Gasteiger partial charge in [-0.15, -0.1) is 0 Å². The first-order chi connectivity index (χ1) is 7.16. The molecule has 15 heavy (non-hydrogen) atoms. The van der Waals surface area contributed by atoms with Gasteiger partial charge in [0.05, 0.1) is 6.10 Å². The fraction of sp³-hybridized carbons (Fsp3) is 1.00. The molecule has 0 radical (unpaired) electrons. The van der Waals surface area contributed by atoms with Gasteiger partial charge in [-0.25, -0.2) is 0 Å². The van der Waals surface area contributed by atoms with Gasteiger partial charge in [0.1, 0.15) is 0 Å². The zero-order chi connectivity index (χ0) is 11.5. The Morgan fingerprint density at radius 1 is 0.933 bits per heavy atom. The van der Waals surface area contributed by atoms with Crippen LogP contribution < -0.4 is 0 Å². The molecule has 1 atom stereocenters. The lowest BCUT2D eigenvalue weighted by Crippen LogP contribution is -2.25. The molecule has 1 unspecified atom stereocenters. The fourth-order valence-corrected chi connectivity index (χ4v) is 1.85. The van der Waals surface area contributed by atoms with E-state index in [1.165, 1.54) is 44.9 Å². The van der Waals surface area contributed by atoms with Gasteiger partial charge < -0.3 is 10.0 Å². The van der Waals surface area contributed by atoms with Gasteiger partial charge in [0.2, 0.25) is 0 Å². The number of aliphatic hydroxyl groups excluding tert-OH is 1. The first-order valence-corrected chi connectivity index (χ1v) is 6.49. The summed E-state index contributed by atoms with van der Waals surface area (Å²) in [6.45, 7) is 3.05. The van der Waals surface area contributed by atoms with Crippen molar-refractivity contribution >= 4 is 0 Å². The maximum atomic E-state index is 9.62. The Labute approximate surface area is 95.7 Å². The van der Waals surface area contributed by atoms with Crippen LogP contribution in [0.3, 0.4) is 0 Å². The monoisotopic (exact) mass is 215 g/mol. The lowest BCUT2D eigenvalue weighted by Gasteiger charge is -2.15. The molecule has 0 aromatic heterocycles. The number of unbranched alkanes of at least 4 members (excludes halogenated alkanes) is 6. The standard InChI is InChI=1S/C13H29NO/c1-4-5-6-7-8-9-10-11-13(15)12-14(2)3/h13,15H,4-12H2,1-3H3. The molecular weight excluding hydrogens is 186 g/mol. The van der Waals surface area contributed by atoms with E-state index in [1.807, 2.05) is 19.0 Å². The second kappa shape index (κ2) is 10.4. The summed E-state index contributed by atoms with van der Waals surface area (Å²) in [6, 6.07) is 0. The first kappa shape index (κ1) is 14.9. The summed E-state index contributed by atoms with van der Waals surface area (Å²) in [4.78, 5) is 2.05. The largest absolute Gasteiger partial charge is 0.392 e. The van der Waals surface area contributed by atoms with Crippen LogP contribution in [0.15, 0.2) is 0 Å². The van der Waals surface area contributed by atoms with Crippen LogP contribution in [-0.2, 0) is 0 Å². The smallest absolute Gasteiger partial charge is 0.0666 e. The topological polar surface area (TPSA) is 23.5 Å². The molecule has 0 aliphatic heterocycles. The third kappa shape index (κ3) is 11.8. The fourth-order valence-electron chi connectivity index (χ4n) is 1.85. The molecule has 0 bridgehead atoms. The predicted molar refractivity (Wildman–Crippen MR) is 67.2 cm³/mol. The Hall–Kier alpha value is -0.0800. The Morgan fingerprint density at radius 3 is 2.00 bits per heavy atom. The van der Waals surface area contributed by atoms with Crippen molar-refractivity contribution in [3.05, 3.63) is 0 Å². The number of aliphatic hydroxyl groups is 1. The van der Waals surface area contributed by atoms with Crippen molar-refractivity contribution in [2.24, 2.45) is 0 Å². The van der Waals surface area contributed by atoms with Crippen LogP contribution in [0.25, 0.3) is 0 Å². The molecule has 0 fully saturated rings. The van der Waals surface area contributed by atoms with Gasteiger partial charge in [-0.1, -0.05) is 51.9 Å². The van der Waals surface area contributed by atoms with Crippen molar-refractivity contribution in [3.63, 3.8) is 0 Å². The lowest BCUT2D eigenvalue weighted by molar-refractivity contribution is 0.125. The van der Waals surface area contributed by atoms with Crippen LogP contribution in [0.5, 0.6) is 0 Å². The van der Waals surface area contributed by atoms with E-state index in [9.17, 15) is 5.11 Å². The number of hydrogen-bond donors (Lipinski definition) is 1. The lowest BCUT2D eigenvalue weighted by atomic mass is 10.1. The summed E-state index contributed by atoms with van der Waals surface area (Å²) in [7, 11) is 4.02. The predicted octanol–water partition coefficient (Wildman–Crippen LogP) is 3.05. The average molecular weight is 215 g/mol. The highest BCUT2D eigenvalue weighted by Crippen LogP contribution is 2.09. The minimum Gasteiger partial charge on any atom is -0.392 e. The molecule has 2 heteroatoms. The van der Waals surface area contributed by atoms with E-state index in [0.29, 0.717) is 0 Å². The van der Waals surface area contributed by atoms with E-state index in [0.717, 1.165) is 13.0 Å². The zero-order valence-corrected chi connectivity index (χ0v) is 10.8. The minimum absolute atomic E-state index is 0.129. The summed E-state index contributed by atoms with van der Waals surface area (Å²) in [5, 5.41) is 9.62. The first-order valence-electron chi connectivity index (χ1n) is 6.49. The van der Waals surface area contributed by atoms with Crippen LogP contribution in [0.1, 0.15) is 58.3 Å². The molecule has 0 saturated heterocycles. The number of hydrogen-bond acceptors (Lipinski definition) is 2. The van der Waals surface area contributed by atoms with Gasteiger partial charge in [-0.2, -0.15) is 0 Å². The maximum absolute atomic E-state index is 9.62. The van der Waals surface area contributed by atoms with Crippen LogP contribution in [-0.4, -0.2) is 36.8 Å². The highest BCUT2D eigenvalue weighted by Gasteiger charge is 2.04. The zero-order valence-electron chi connectivity index (χ0n) is 10.8. The summed E-state index contributed by atoms with van der Waals surface area (Å²) < 4.78 is 0. The van der Waals surface area contributed by atoms with Crippen molar-refractivity contribution < 1.29 is 5.11 Å². The number of rotatable bonds is 10. The van der Waals surface area contributed by atoms with Gasteiger partial charge in [-0.3, -0.25) is 0 Å². The Kier molecular flexibility index (Phi) is 10.4. The Bertz CT molecular complexity index is 126. The number of likely N-dealkylation sites (N-methyl/N-ethyl adjacent to an activating group) is 1. The van der Waals surface area contributed by atoms with E-state index in [-0.39, 0.29) is 6.10 Å². The van der Waals surface area contributed by atoms with Crippen molar-refractivity contribution in [2.75, 3.05) is 20.6 Å². The molecular formula is C13H29NO. The summed E-state index contributed by atoms with van der Waals surface area (Å²) in [5.74, 6) is 0. The van der Waals surface area contributed by atoms with E-state index in [4.69, 9.17) is 0 Å². The van der Waals surface area contributed by atoms with Crippen molar-refractivity contribution in [1.82, 2.24) is 4.90 Å². The van der Waals surface area contributed by atoms with Crippen LogP contribution >= 0.6 is 0 Å². The van der Waals surface area contributed by atoms with E-state index < -0.39 is 0 Å². The van der Waals surface area contributed by atoms with E-state index in [1.54, 1.807) is 0 Å². The maximum Gasteiger partial charge on any atom is 0.0666 e. The van der Waals surface area contributed by atoms with Gasteiger partial charge in [-0.05, 0) is 20.5 Å². The summed E-state index contributed by atoms with van der Waals surface area (Å²) in [6.07, 6.45) is 10.1. The van der Waals surface area contributed by atoms with Crippen molar-refractivity contribution in [3.8, 4) is 0 Å². The Morgan fingerprint density at radius 2 is 1.47 bits per heavy atom. The quantitative estimate of drug-likeness (QED) is 0.566. The molecule has 0 spiro atoms. The van der Waals surface area contributed by atoms with E-state index in [2.05, 4.69) is 6.92 Å². The molecule has 0 heterocycles.